The Balaban J connectivity index is 1.46. The summed E-state index contributed by atoms with van der Waals surface area (Å²) in [5, 5.41) is 12.1. The van der Waals surface area contributed by atoms with Crippen LogP contribution in [-0.2, 0) is 11.0 Å². The van der Waals surface area contributed by atoms with Gasteiger partial charge in [0.1, 0.15) is 5.82 Å². The van der Waals surface area contributed by atoms with E-state index in [0.29, 0.717) is 35.6 Å². The second-order valence-corrected chi connectivity index (χ2v) is 7.23. The molecule has 1 unspecified atom stereocenters. The molecule has 0 radical (unpaired) electrons. The Bertz CT molecular complexity index is 1150. The summed E-state index contributed by atoms with van der Waals surface area (Å²) in [5.41, 5.74) is 0.698. The fourth-order valence-corrected chi connectivity index (χ4v) is 3.42. The van der Waals surface area contributed by atoms with Crippen LogP contribution in [-0.4, -0.2) is 44.9 Å². The predicted octanol–water partition coefficient (Wildman–Crippen LogP) is 3.94. The van der Waals surface area contributed by atoms with Gasteiger partial charge in [0.15, 0.2) is 0 Å². The Kier molecular flexibility index (Phi) is 5.22. The summed E-state index contributed by atoms with van der Waals surface area (Å²) in [4.78, 5) is 33.4. The monoisotopic (exact) mass is 430 g/mol. The molecule has 2 aromatic carbocycles. The number of carboxylic acid groups (broad SMARTS) is 1. The Morgan fingerprint density at radius 3 is 2.48 bits per heavy atom. The highest BCUT2D eigenvalue weighted by molar-refractivity contribution is 5.95. The average Bonchev–Trinajstić information content (AvgIpc) is 3.23. The number of benzene rings is 2. The molecule has 4 rings (SSSR count). The lowest BCUT2D eigenvalue weighted by atomic mass is 10.1. The van der Waals surface area contributed by atoms with Crippen molar-refractivity contribution in [3.05, 3.63) is 59.8 Å². The van der Waals surface area contributed by atoms with Gasteiger partial charge in [-0.25, -0.2) is 4.98 Å². The second kappa shape index (κ2) is 7.86. The number of amides is 1. The van der Waals surface area contributed by atoms with E-state index < -0.39 is 23.6 Å². The van der Waals surface area contributed by atoms with Crippen molar-refractivity contribution in [2.45, 2.75) is 12.6 Å². The first-order valence-corrected chi connectivity index (χ1v) is 9.44. The van der Waals surface area contributed by atoms with Crippen molar-refractivity contribution in [2.24, 2.45) is 5.92 Å². The quantitative estimate of drug-likeness (QED) is 0.651. The molecule has 2 N–H and O–H groups in total. The molecule has 1 aliphatic heterocycles. The number of rotatable bonds is 4. The molecule has 160 valence electrons. The number of nitrogens with one attached hydrogen (secondary N) is 1. The van der Waals surface area contributed by atoms with E-state index in [1.54, 1.807) is 24.3 Å². The molecule has 1 aliphatic rings. The maximum absolute atomic E-state index is 12.8. The number of anilines is 2. The van der Waals surface area contributed by atoms with Crippen LogP contribution in [0.1, 0.15) is 22.3 Å². The van der Waals surface area contributed by atoms with Gasteiger partial charge in [-0.15, -0.1) is 0 Å². The molecule has 10 heteroatoms. The van der Waals surface area contributed by atoms with Gasteiger partial charge in [-0.3, -0.25) is 14.6 Å². The van der Waals surface area contributed by atoms with Gasteiger partial charge in [0.25, 0.3) is 5.91 Å². The standard InChI is InChI=1S/C21H17F3N4O3/c22-21(23,24)14-3-6-16-17(9-14)25-10-18(27-16)26-15-4-1-12(2-5-15)19(29)28-8-7-13(11-28)20(30)31/h1-6,9-10,13H,7-8,11H2,(H,26,27)(H,30,31). The number of halogens is 3. The fourth-order valence-electron chi connectivity index (χ4n) is 3.42. The highest BCUT2D eigenvalue weighted by Crippen LogP contribution is 2.31. The van der Waals surface area contributed by atoms with Gasteiger partial charge in [0, 0.05) is 24.3 Å². The number of nitrogens with zero attached hydrogens (tertiary/aromatic N) is 3. The molecule has 7 nitrogen and oxygen atoms in total. The number of aliphatic carboxylic acids is 1. The minimum atomic E-state index is -4.45. The molecule has 2 heterocycles. The number of hydrogen-bond donors (Lipinski definition) is 2. The van der Waals surface area contributed by atoms with Gasteiger partial charge in [-0.1, -0.05) is 0 Å². The molecule has 0 aliphatic carbocycles. The van der Waals surface area contributed by atoms with Crippen molar-refractivity contribution in [2.75, 3.05) is 18.4 Å². The lowest BCUT2D eigenvalue weighted by Crippen LogP contribution is -2.29. The number of hydrogen-bond acceptors (Lipinski definition) is 5. The second-order valence-electron chi connectivity index (χ2n) is 7.23. The summed E-state index contributed by atoms with van der Waals surface area (Å²) >= 11 is 0. The number of carbonyl (C=O) groups is 2. The predicted molar refractivity (Wildman–Crippen MR) is 106 cm³/mol. The van der Waals surface area contributed by atoms with E-state index >= 15 is 0 Å². The zero-order valence-electron chi connectivity index (χ0n) is 16.1. The number of alkyl halides is 3. The van der Waals surface area contributed by atoms with Gasteiger partial charge < -0.3 is 15.3 Å². The van der Waals surface area contributed by atoms with E-state index in [4.69, 9.17) is 5.11 Å². The van der Waals surface area contributed by atoms with Crippen LogP contribution in [0.2, 0.25) is 0 Å². The van der Waals surface area contributed by atoms with Crippen molar-refractivity contribution in [3.63, 3.8) is 0 Å². The molecule has 1 fully saturated rings. The van der Waals surface area contributed by atoms with E-state index in [-0.39, 0.29) is 18.0 Å². The number of aromatic nitrogens is 2. The van der Waals surface area contributed by atoms with Crippen LogP contribution in [0, 0.1) is 5.92 Å². The minimum absolute atomic E-state index is 0.131. The van der Waals surface area contributed by atoms with Crippen molar-refractivity contribution >= 4 is 34.4 Å². The summed E-state index contributed by atoms with van der Waals surface area (Å²) in [5.74, 6) is -1.33. The first kappa shape index (κ1) is 20.6. The first-order valence-electron chi connectivity index (χ1n) is 9.44. The van der Waals surface area contributed by atoms with Crippen molar-refractivity contribution in [1.29, 1.82) is 0 Å². The van der Waals surface area contributed by atoms with Crippen LogP contribution in [0.25, 0.3) is 11.0 Å². The molecular weight excluding hydrogens is 413 g/mol. The highest BCUT2D eigenvalue weighted by Gasteiger charge is 2.31. The van der Waals surface area contributed by atoms with Crippen LogP contribution in [0.5, 0.6) is 0 Å². The third-order valence-electron chi connectivity index (χ3n) is 5.10. The van der Waals surface area contributed by atoms with E-state index in [0.717, 1.165) is 12.1 Å². The van der Waals surface area contributed by atoms with Gasteiger partial charge in [0.2, 0.25) is 0 Å². The van der Waals surface area contributed by atoms with E-state index in [2.05, 4.69) is 15.3 Å². The molecule has 0 saturated carbocycles. The zero-order chi connectivity index (χ0) is 22.2. The maximum atomic E-state index is 12.8. The van der Waals surface area contributed by atoms with E-state index in [9.17, 15) is 22.8 Å². The molecule has 1 amide bonds. The van der Waals surface area contributed by atoms with Gasteiger partial charge in [0.05, 0.1) is 28.7 Å². The Morgan fingerprint density at radius 1 is 1.10 bits per heavy atom. The molecule has 1 saturated heterocycles. The lowest BCUT2D eigenvalue weighted by Gasteiger charge is -2.16. The molecule has 1 atom stereocenters. The number of carboxylic acids is 1. The molecular formula is C21H17F3N4O3. The van der Waals surface area contributed by atoms with Gasteiger partial charge in [-0.05, 0) is 48.9 Å². The SMILES string of the molecule is O=C(O)C1CCN(C(=O)c2ccc(Nc3cnc4cc(C(F)(F)F)ccc4n3)cc2)C1. The largest absolute Gasteiger partial charge is 0.481 e. The zero-order valence-corrected chi connectivity index (χ0v) is 16.1. The van der Waals surface area contributed by atoms with Crippen LogP contribution >= 0.6 is 0 Å². The summed E-state index contributed by atoms with van der Waals surface area (Å²) < 4.78 is 38.4. The number of fused-ring (bicyclic) bond motifs is 1. The van der Waals surface area contributed by atoms with Gasteiger partial charge >= 0.3 is 12.1 Å². The Hall–Kier alpha value is -3.69. The van der Waals surface area contributed by atoms with E-state index in [1.807, 2.05) is 0 Å². The average molecular weight is 430 g/mol. The lowest BCUT2D eigenvalue weighted by molar-refractivity contribution is -0.141. The van der Waals surface area contributed by atoms with Crippen LogP contribution in [0.15, 0.2) is 48.7 Å². The molecule has 0 bridgehead atoms. The van der Waals surface area contributed by atoms with Crippen LogP contribution in [0.3, 0.4) is 0 Å². The fraction of sp³-hybridized carbons (Fsp3) is 0.238. The Labute approximate surface area is 174 Å². The summed E-state index contributed by atoms with van der Waals surface area (Å²) in [6, 6.07) is 9.71. The maximum Gasteiger partial charge on any atom is 0.416 e. The number of likely N-dealkylation sites (tertiary alicyclic amines) is 1. The van der Waals surface area contributed by atoms with Gasteiger partial charge in [-0.2, -0.15) is 13.2 Å². The summed E-state index contributed by atoms with van der Waals surface area (Å²) in [6.45, 7) is 0.593. The highest BCUT2D eigenvalue weighted by atomic mass is 19.4. The third kappa shape index (κ3) is 4.42. The first-order chi connectivity index (χ1) is 14.7. The molecule has 1 aromatic heterocycles. The number of carbonyl (C=O) groups excluding carboxylic acids is 1. The molecule has 31 heavy (non-hydrogen) atoms. The van der Waals surface area contributed by atoms with E-state index in [1.165, 1.54) is 17.2 Å². The van der Waals surface area contributed by atoms with Crippen molar-refractivity contribution < 1.29 is 27.9 Å². The molecule has 0 spiro atoms. The third-order valence-corrected chi connectivity index (χ3v) is 5.10. The summed E-state index contributed by atoms with van der Waals surface area (Å²) in [7, 11) is 0. The van der Waals surface area contributed by atoms with Crippen molar-refractivity contribution in [3.8, 4) is 0 Å². The smallest absolute Gasteiger partial charge is 0.416 e. The normalized spacial score (nSPS) is 16.5. The Morgan fingerprint density at radius 2 is 1.84 bits per heavy atom. The summed E-state index contributed by atoms with van der Waals surface area (Å²) in [6.07, 6.45) is -2.68. The molecule has 3 aromatic rings. The minimum Gasteiger partial charge on any atom is -0.481 e. The van der Waals surface area contributed by atoms with Crippen LogP contribution < -0.4 is 5.32 Å². The van der Waals surface area contributed by atoms with Crippen molar-refractivity contribution in [1.82, 2.24) is 14.9 Å². The topological polar surface area (TPSA) is 95.4 Å². The van der Waals surface area contributed by atoms with Crippen LogP contribution in [0.4, 0.5) is 24.7 Å².